The monoisotopic (exact) mass is 1400 g/mol. The van der Waals surface area contributed by atoms with Gasteiger partial charge in [-0.05, 0) is 93.9 Å². The zero-order valence-corrected chi connectivity index (χ0v) is 59.9. The molecule has 0 spiro atoms. The van der Waals surface area contributed by atoms with E-state index in [1.54, 1.807) is 65.1 Å². The van der Waals surface area contributed by atoms with Crippen LogP contribution in [0.5, 0.6) is 23.0 Å². The molecule has 99 heavy (non-hydrogen) atoms. The number of benzene rings is 6. The summed E-state index contributed by atoms with van der Waals surface area (Å²) >= 11 is 5.01. The lowest BCUT2D eigenvalue weighted by molar-refractivity contribution is -0.134. The van der Waals surface area contributed by atoms with Crippen molar-refractivity contribution >= 4 is 113 Å². The van der Waals surface area contributed by atoms with Gasteiger partial charge in [-0.2, -0.15) is 18.6 Å². The van der Waals surface area contributed by atoms with Gasteiger partial charge in [-0.15, -0.1) is 0 Å². The number of aromatic nitrogens is 6. The molecule has 0 fully saturated rings. The number of hydrogen-bond donors (Lipinski definition) is 7. The van der Waals surface area contributed by atoms with E-state index in [0.29, 0.717) is 64.1 Å². The molecule has 0 unspecified atom stereocenters. The average Bonchev–Trinajstić information content (AvgIpc) is 1.60. The van der Waals surface area contributed by atoms with E-state index in [0.717, 1.165) is 72.4 Å². The molecule has 0 aliphatic rings. The van der Waals surface area contributed by atoms with Crippen molar-refractivity contribution in [3.63, 3.8) is 0 Å². The molecular formula is C72H82ClN13O11S2. The van der Waals surface area contributed by atoms with Crippen LogP contribution in [0.3, 0.4) is 0 Å². The number of rotatable bonds is 15. The van der Waals surface area contributed by atoms with E-state index in [2.05, 4.69) is 78.1 Å². The number of nitrogen functional groups attached to an aromatic ring is 1. The number of nitrogens with one attached hydrogen (secondary N) is 5. The number of anilines is 6. The number of fused-ring (bicyclic) bond motifs is 2. The molecule has 0 aliphatic carbocycles. The second-order valence-electron chi connectivity index (χ2n) is 24.9. The highest BCUT2D eigenvalue weighted by Crippen LogP contribution is 2.37. The zero-order chi connectivity index (χ0) is 72.9. The molecule has 6 aromatic carbocycles. The van der Waals surface area contributed by atoms with Crippen LogP contribution in [0.4, 0.5) is 44.2 Å². The number of sulfone groups is 1. The summed E-state index contributed by atoms with van der Waals surface area (Å²) in [5, 5.41) is 36.3. The number of carboxylic acids is 1. The summed E-state index contributed by atoms with van der Waals surface area (Å²) in [6.45, 7) is 22.4. The smallest absolute Gasteiger partial charge is 0.335 e. The normalized spacial score (nSPS) is 10.9. The van der Waals surface area contributed by atoms with Crippen molar-refractivity contribution in [2.24, 2.45) is 0 Å². The molecule has 0 atom stereocenters. The van der Waals surface area contributed by atoms with Crippen molar-refractivity contribution in [2.45, 2.75) is 93.4 Å². The van der Waals surface area contributed by atoms with Gasteiger partial charge in [0.15, 0.2) is 9.84 Å². The molecule has 10 rings (SSSR count). The van der Waals surface area contributed by atoms with E-state index in [4.69, 9.17) is 50.5 Å². The van der Waals surface area contributed by atoms with Gasteiger partial charge in [0.1, 0.15) is 57.2 Å². The first-order valence-electron chi connectivity index (χ1n) is 30.9. The number of pyridine rings is 2. The number of aryl methyl sites for hydroxylation is 2. The van der Waals surface area contributed by atoms with E-state index >= 15 is 0 Å². The topological polar surface area (TPSA) is 326 Å². The number of urea groups is 2. The van der Waals surface area contributed by atoms with Crippen LogP contribution in [-0.2, 0) is 41.8 Å². The van der Waals surface area contributed by atoms with E-state index in [9.17, 15) is 27.6 Å². The number of hydrogen-bond acceptors (Lipinski definition) is 16. The van der Waals surface area contributed by atoms with E-state index in [1.165, 1.54) is 0 Å². The maximum Gasteiger partial charge on any atom is 0.335 e. The summed E-state index contributed by atoms with van der Waals surface area (Å²) < 4.78 is 52.5. The van der Waals surface area contributed by atoms with Crippen LogP contribution in [0.2, 0.25) is 0 Å². The first kappa shape index (κ1) is 77.1. The molecule has 0 saturated heterocycles. The van der Waals surface area contributed by atoms with Crippen LogP contribution >= 0.6 is 11.6 Å². The number of carbonyl (C=O) groups excluding carboxylic acids is 3. The van der Waals surface area contributed by atoms with Gasteiger partial charge >= 0.3 is 29.6 Å². The fraction of sp³-hybridized carbons (Fsp3) is 0.250. The van der Waals surface area contributed by atoms with Crippen molar-refractivity contribution in [3.05, 3.63) is 203 Å². The molecule has 0 bridgehead atoms. The molecule has 0 radical (unpaired) electrons. The van der Waals surface area contributed by atoms with Crippen molar-refractivity contribution in [2.75, 3.05) is 58.4 Å². The van der Waals surface area contributed by atoms with Crippen molar-refractivity contribution < 1.29 is 50.6 Å². The zero-order valence-electron chi connectivity index (χ0n) is 57.5. The largest absolute Gasteiger partial charge is 0.480 e. The van der Waals surface area contributed by atoms with Crippen LogP contribution in [-0.4, -0.2) is 106 Å². The lowest BCUT2D eigenvalue weighted by Gasteiger charge is -2.14. The summed E-state index contributed by atoms with van der Waals surface area (Å²) in [7, 11) is 0.529. The Morgan fingerprint density at radius 3 is 1.34 bits per heavy atom. The van der Waals surface area contributed by atoms with E-state index < -0.39 is 39.2 Å². The number of nitrogens with two attached hydrogens (primary N) is 1. The molecule has 8 N–H and O–H groups in total. The van der Waals surface area contributed by atoms with Gasteiger partial charge in [0, 0.05) is 95.8 Å². The Kier molecular flexibility index (Phi) is 27.1. The third-order valence-electron chi connectivity index (χ3n) is 14.0. The number of carbonyl (C=O) groups is 4. The standard InChI is InChI=1S/C33H34N6O3.C30H30N6O2.C6H12ClN.C3H6O4S.O2S/c1-6-31(40)36-29-19-23(17-18-34-29)42-27-16-15-26(24-9-7-8-10-25(24)27)35-32(41)37-30-20-28(33(3,4)5)38-39(30)22-13-11-21(2)12-14-22;1-19-9-11-20(12-10-19)36-28(18-26(35-36)30(2,3)4)34-29(37)33-24-13-14-25(23-8-6-5-7-22(23)24)38-21-15-16-32-27(31)17-21;1-5(2)6(7)8(3)4;1-8(6,7)2-3(4)5;1-3-2/h7-20H,6H2,1-5H3,(H,34,36,40)(H2,35,37,41);5-18H,1-4H3,(H2,31,32)(H2,33,34,37);1-4H3;2H2,1H3,(H,4,5);. The van der Waals surface area contributed by atoms with Gasteiger partial charge in [0.2, 0.25) is 5.91 Å². The van der Waals surface area contributed by atoms with Crippen LogP contribution in [0.1, 0.15) is 91.2 Å². The fourth-order valence-corrected chi connectivity index (χ4v) is 9.56. The van der Waals surface area contributed by atoms with Gasteiger partial charge < -0.3 is 41.2 Å². The van der Waals surface area contributed by atoms with Gasteiger partial charge in [-0.25, -0.2) is 37.3 Å². The van der Waals surface area contributed by atoms with Crippen LogP contribution in [0.25, 0.3) is 32.9 Å². The average molecular weight is 1410 g/mol. The molecular weight excluding hydrogens is 1320 g/mol. The lowest BCUT2D eigenvalue weighted by atomic mass is 9.92. The van der Waals surface area contributed by atoms with E-state index in [-0.39, 0.29) is 22.8 Å². The molecule has 5 amide bonds. The summed E-state index contributed by atoms with van der Waals surface area (Å²) in [6, 6.07) is 48.5. The molecule has 24 nitrogen and oxygen atoms in total. The second kappa shape index (κ2) is 34.8. The molecule has 0 saturated carbocycles. The summed E-state index contributed by atoms with van der Waals surface area (Å²) in [5.74, 6) is 2.06. The number of halogens is 1. The van der Waals surface area contributed by atoms with Crippen LogP contribution in [0, 0.1) is 13.8 Å². The molecule has 4 heterocycles. The first-order chi connectivity index (χ1) is 46.7. The highest BCUT2D eigenvalue weighted by atomic mass is 35.5. The highest BCUT2D eigenvalue weighted by Gasteiger charge is 2.24. The maximum atomic E-state index is 13.3. The Hall–Kier alpha value is -11.0. The molecule has 0 aliphatic heterocycles. The van der Waals surface area contributed by atoms with Gasteiger partial charge in [0.05, 0.1) is 34.1 Å². The predicted octanol–water partition coefficient (Wildman–Crippen LogP) is 15.3. The Labute approximate surface area is 584 Å². The highest BCUT2D eigenvalue weighted by molar-refractivity contribution is 7.91. The SMILES string of the molecule is CC(C)=C(Cl)N(C)C.CCC(=O)Nc1cc(Oc2ccc(NC(=O)Nc3cc(C(C)(C)C)nn3-c3ccc(C)cc3)c3ccccc23)ccn1.CS(=O)(=O)CC(=O)O.Cc1ccc(-n2nc(C(C)(C)C)cc2NC(=O)Nc2ccc(Oc3ccnc(N)c3)c3ccccc23)cc1.O=S=O. The Morgan fingerprint density at radius 1 is 0.596 bits per heavy atom. The molecule has 520 valence electrons. The third kappa shape index (κ3) is 23.4. The molecule has 10 aromatic rings. The number of nitrogens with zero attached hydrogens (tertiary/aromatic N) is 7. The quantitative estimate of drug-likeness (QED) is 0.0469. The fourth-order valence-electron chi connectivity index (χ4n) is 9.11. The third-order valence-corrected chi connectivity index (χ3v) is 15.5. The summed E-state index contributed by atoms with van der Waals surface area (Å²) in [4.78, 5) is 58.0. The van der Waals surface area contributed by atoms with Crippen molar-refractivity contribution in [1.29, 1.82) is 0 Å². The minimum atomic E-state index is -3.32. The number of carboxylic acid groups (broad SMARTS) is 1. The Morgan fingerprint density at radius 2 is 1.00 bits per heavy atom. The number of aliphatic carboxylic acids is 1. The molecule has 27 heteroatoms. The number of allylic oxidation sites excluding steroid dienone is 1. The van der Waals surface area contributed by atoms with Crippen molar-refractivity contribution in [1.82, 2.24) is 34.4 Å². The van der Waals surface area contributed by atoms with Crippen LogP contribution < -0.4 is 41.8 Å². The molecule has 4 aromatic heterocycles. The summed E-state index contributed by atoms with van der Waals surface area (Å²) in [6.07, 6.45) is 4.40. The lowest BCUT2D eigenvalue weighted by Crippen LogP contribution is -2.21. The van der Waals surface area contributed by atoms with Gasteiger partial charge in [-0.3, -0.25) is 20.2 Å². The van der Waals surface area contributed by atoms with Crippen molar-refractivity contribution in [3.8, 4) is 34.4 Å². The predicted molar refractivity (Wildman–Crippen MR) is 393 cm³/mol. The Bertz CT molecular complexity index is 4670. The number of amides is 5. The number of ether oxygens (including phenoxy) is 2. The summed E-state index contributed by atoms with van der Waals surface area (Å²) in [5.41, 5.74) is 13.6. The minimum Gasteiger partial charge on any atom is -0.480 e. The maximum absolute atomic E-state index is 13.3. The van der Waals surface area contributed by atoms with E-state index in [1.807, 2.05) is 168 Å². The van der Waals surface area contributed by atoms with Gasteiger partial charge in [-0.1, -0.05) is 144 Å². The van der Waals surface area contributed by atoms with Crippen LogP contribution in [0.15, 0.2) is 181 Å². The first-order valence-corrected chi connectivity index (χ1v) is 34.0. The minimum absolute atomic E-state index is 0.129. The second-order valence-corrected chi connectivity index (χ2v) is 27.5. The Balaban J connectivity index is 0.000000248. The van der Waals surface area contributed by atoms with Gasteiger partial charge in [0.25, 0.3) is 0 Å².